The van der Waals surface area contributed by atoms with Crippen molar-refractivity contribution < 1.29 is 9.13 Å². The number of aromatic nitrogens is 3. The molecule has 6 nitrogen and oxygen atoms in total. The van der Waals surface area contributed by atoms with E-state index < -0.39 is 12.7 Å². The Labute approximate surface area is 291 Å². The Morgan fingerprint density at radius 3 is 2.36 bits per heavy atom. The second-order valence-electron chi connectivity index (χ2n) is 14.1. The minimum absolute atomic E-state index is 0.149. The molecule has 1 aromatic carbocycles. The van der Waals surface area contributed by atoms with Crippen LogP contribution in [0.4, 0.5) is 4.39 Å². The molecule has 1 aromatic heterocycles. The summed E-state index contributed by atoms with van der Waals surface area (Å²) in [5, 5.41) is 15.0. The Balaban J connectivity index is 0.000000964. The van der Waals surface area contributed by atoms with Gasteiger partial charge in [-0.2, -0.15) is 0 Å². The van der Waals surface area contributed by atoms with Gasteiger partial charge in [0.15, 0.2) is 0 Å². The molecule has 1 fully saturated rings. The van der Waals surface area contributed by atoms with Gasteiger partial charge in [0.25, 0.3) is 0 Å². The number of nitrogens with zero attached hydrogens (tertiary/aromatic N) is 4. The van der Waals surface area contributed by atoms with Gasteiger partial charge in [0.2, 0.25) is 0 Å². The van der Waals surface area contributed by atoms with Gasteiger partial charge in [-0.15, -0.1) is 15.6 Å². The molecule has 0 bridgehead atoms. The van der Waals surface area contributed by atoms with E-state index in [0.717, 1.165) is 43.5 Å². The molecular formula is C39H70FN5OS. The Morgan fingerprint density at radius 1 is 1.17 bits per heavy atom. The van der Waals surface area contributed by atoms with Gasteiger partial charge in [0.05, 0.1) is 23.9 Å². The number of halogens is 1. The molecule has 7 atom stereocenters. The summed E-state index contributed by atoms with van der Waals surface area (Å²) in [6.07, 6.45) is 12.4. The normalized spacial score (nSPS) is 20.6. The molecule has 3 rings (SSSR count). The summed E-state index contributed by atoms with van der Waals surface area (Å²) >= 11 is 0. The van der Waals surface area contributed by atoms with Crippen LogP contribution in [0.25, 0.3) is 0 Å². The van der Waals surface area contributed by atoms with E-state index in [0.29, 0.717) is 28.5 Å². The lowest BCUT2D eigenvalue weighted by Crippen LogP contribution is -2.43. The second kappa shape index (κ2) is 22.7. The monoisotopic (exact) mass is 676 g/mol. The Hall–Kier alpha value is -1.83. The molecular weight excluding hydrogens is 606 g/mol. The van der Waals surface area contributed by atoms with Gasteiger partial charge >= 0.3 is 0 Å². The molecule has 47 heavy (non-hydrogen) atoms. The van der Waals surface area contributed by atoms with E-state index >= 15 is 0 Å². The third-order valence-corrected chi connectivity index (χ3v) is 10.8. The van der Waals surface area contributed by atoms with Crippen LogP contribution in [0.1, 0.15) is 123 Å². The van der Waals surface area contributed by atoms with Crippen LogP contribution in [0, 0.1) is 11.3 Å². The molecule has 0 radical (unpaired) electrons. The molecule has 0 saturated heterocycles. The van der Waals surface area contributed by atoms with E-state index in [-0.39, 0.29) is 17.6 Å². The van der Waals surface area contributed by atoms with E-state index in [1.165, 1.54) is 30.6 Å². The van der Waals surface area contributed by atoms with Crippen LogP contribution in [0.15, 0.2) is 37.0 Å². The highest BCUT2D eigenvalue weighted by Gasteiger charge is 2.33. The molecule has 0 amide bonds. The number of hydrogen-bond acceptors (Lipinski definition) is 5. The molecule has 0 aliphatic heterocycles. The molecule has 1 saturated carbocycles. The van der Waals surface area contributed by atoms with Gasteiger partial charge in [-0.1, -0.05) is 103 Å². The summed E-state index contributed by atoms with van der Waals surface area (Å²) in [7, 11) is 4.44. The average molecular weight is 676 g/mol. The number of hydrogen-bond donors (Lipinski definition) is 1. The molecule has 1 N–H and O–H groups in total. The first-order valence-corrected chi connectivity index (χ1v) is 19.9. The fraction of sp³-hybridized carbons (Fsp3) is 0.744. The van der Waals surface area contributed by atoms with Gasteiger partial charge in [0, 0.05) is 25.2 Å². The maximum Gasteiger partial charge on any atom is 0.114 e. The Morgan fingerprint density at radius 2 is 1.83 bits per heavy atom. The number of nitrogens with one attached hydrogen (secondary N) is 1. The highest BCUT2D eigenvalue weighted by Crippen LogP contribution is 2.33. The number of benzene rings is 1. The van der Waals surface area contributed by atoms with Crippen molar-refractivity contribution in [2.24, 2.45) is 11.3 Å². The van der Waals surface area contributed by atoms with Crippen molar-refractivity contribution in [3.8, 4) is 0 Å². The molecule has 1 aliphatic rings. The van der Waals surface area contributed by atoms with Crippen LogP contribution in [0.3, 0.4) is 0 Å². The summed E-state index contributed by atoms with van der Waals surface area (Å²) in [5.74, 6) is 1.93. The van der Waals surface area contributed by atoms with Crippen molar-refractivity contribution in [2.75, 3.05) is 39.3 Å². The Bertz CT molecular complexity index is 1160. The largest absolute Gasteiger partial charge is 0.375 e. The maximum atomic E-state index is 14.3. The number of ether oxygens (including phenoxy) is 1. The van der Waals surface area contributed by atoms with Gasteiger partial charge in [-0.3, -0.25) is 0 Å². The minimum atomic E-state index is -0.516. The fourth-order valence-electron chi connectivity index (χ4n) is 5.82. The quantitative estimate of drug-likeness (QED) is 0.191. The van der Waals surface area contributed by atoms with Crippen molar-refractivity contribution in [3.63, 3.8) is 0 Å². The van der Waals surface area contributed by atoms with Crippen LogP contribution < -0.4 is 5.32 Å². The molecule has 8 heteroatoms. The summed E-state index contributed by atoms with van der Waals surface area (Å²) in [4.78, 5) is 2.45. The first-order chi connectivity index (χ1) is 22.4. The van der Waals surface area contributed by atoms with Crippen LogP contribution in [0.5, 0.6) is 0 Å². The first kappa shape index (κ1) is 43.2. The van der Waals surface area contributed by atoms with Gasteiger partial charge < -0.3 is 15.0 Å². The third-order valence-electron chi connectivity index (χ3n) is 9.38. The Kier molecular flexibility index (Phi) is 20.9. The van der Waals surface area contributed by atoms with Gasteiger partial charge in [-0.05, 0) is 87.6 Å². The van der Waals surface area contributed by atoms with Crippen LogP contribution in [0.2, 0.25) is 0 Å². The average Bonchev–Trinajstić information content (AvgIpc) is 3.54. The zero-order valence-electron chi connectivity index (χ0n) is 32.1. The standard InChI is InChI=1S/C30H50FN5O.C7H14S.C2H6/c1-9-23-10-12-24(13-11-23)29(32-7)28(19-31)36-20-25(33-34-36)14-15-35(8)26-16-21(2)17-27(18-26)37-22(3)30(4,5)6;1-4-6-7-8(3)5-2;1-2/h10-13,20-22,26-29,32H,9,14-19H2,1-8H3;2,4,6-7H2,1,3H3;1-2H3/t21?,22-,26?,27?,28?,29?;;/m1../s1. The second-order valence-corrected chi connectivity index (χ2v) is 16.0. The lowest BCUT2D eigenvalue weighted by Gasteiger charge is -2.41. The highest BCUT2D eigenvalue weighted by molar-refractivity contribution is 8.14. The fourth-order valence-corrected chi connectivity index (χ4v) is 6.69. The maximum absolute atomic E-state index is 14.3. The number of alkyl halides is 1. The smallest absolute Gasteiger partial charge is 0.114 e. The molecule has 1 heterocycles. The minimum Gasteiger partial charge on any atom is -0.375 e. The van der Waals surface area contributed by atoms with Crippen molar-refractivity contribution in [2.45, 2.75) is 138 Å². The summed E-state index contributed by atoms with van der Waals surface area (Å²) in [5.41, 5.74) is 3.38. The molecule has 0 spiro atoms. The SMILES string of the molecule is C=C=S(C)CCCC.CC.CCc1ccc(C(NC)C(CF)n2cc(CCN(C)C3CC(C)CC(O[C@H](C)C(C)(C)C)C3)nn2)cc1. The predicted octanol–water partition coefficient (Wildman–Crippen LogP) is 9.09. The van der Waals surface area contributed by atoms with E-state index in [1.807, 2.05) is 27.1 Å². The van der Waals surface area contributed by atoms with Crippen LogP contribution >= 0.6 is 10.5 Å². The van der Waals surface area contributed by atoms with Gasteiger partial charge in [0.1, 0.15) is 12.7 Å². The summed E-state index contributed by atoms with van der Waals surface area (Å²) in [6.45, 7) is 23.6. The number of aryl methyl sites for hydroxylation is 1. The molecule has 6 unspecified atom stereocenters. The lowest BCUT2D eigenvalue weighted by molar-refractivity contribution is -0.0870. The van der Waals surface area contributed by atoms with Crippen molar-refractivity contribution >= 4 is 15.5 Å². The van der Waals surface area contributed by atoms with Gasteiger partial charge in [-0.25, -0.2) is 9.07 Å². The van der Waals surface area contributed by atoms with Crippen molar-refractivity contribution in [1.82, 2.24) is 25.2 Å². The molecule has 2 aromatic rings. The van der Waals surface area contributed by atoms with E-state index in [1.54, 1.807) is 4.68 Å². The number of unbranched alkanes of at least 4 members (excludes halogenated alkanes) is 1. The molecule has 1 aliphatic carbocycles. The number of likely N-dealkylation sites (N-methyl/N-ethyl adjacent to an activating group) is 2. The van der Waals surface area contributed by atoms with E-state index in [2.05, 4.69) is 118 Å². The van der Waals surface area contributed by atoms with Crippen LogP contribution in [-0.4, -0.2) is 82.5 Å². The first-order valence-electron chi connectivity index (χ1n) is 18.1. The number of rotatable bonds is 15. The lowest BCUT2D eigenvalue weighted by atomic mass is 9.83. The molecule has 270 valence electrons. The summed E-state index contributed by atoms with van der Waals surface area (Å²) in [6, 6.07) is 8.27. The topological polar surface area (TPSA) is 55.2 Å². The van der Waals surface area contributed by atoms with E-state index in [4.69, 9.17) is 4.74 Å². The van der Waals surface area contributed by atoms with Crippen molar-refractivity contribution in [1.29, 1.82) is 0 Å². The summed E-state index contributed by atoms with van der Waals surface area (Å²) < 4.78 is 22.5. The van der Waals surface area contributed by atoms with E-state index in [9.17, 15) is 4.39 Å². The highest BCUT2D eigenvalue weighted by atomic mass is 32.2. The zero-order chi connectivity index (χ0) is 35.6. The predicted molar refractivity (Wildman–Crippen MR) is 205 cm³/mol. The van der Waals surface area contributed by atoms with Crippen molar-refractivity contribution in [3.05, 3.63) is 53.9 Å². The van der Waals surface area contributed by atoms with Crippen LogP contribution in [-0.2, 0) is 17.6 Å². The third kappa shape index (κ3) is 15.1. The zero-order valence-corrected chi connectivity index (χ0v) is 32.9.